The molecule has 4 heterocycles. The largest absolute Gasteiger partial charge is 0.472 e. The van der Waals surface area contributed by atoms with Gasteiger partial charge in [-0.15, -0.1) is 0 Å². The summed E-state index contributed by atoms with van der Waals surface area (Å²) in [4.78, 5) is 61.9. The Kier molecular flexibility index (Phi) is 8.34. The number of hydrogen-bond acceptors (Lipinski definition) is 11. The number of nitrogens with zero attached hydrogens (tertiary/aromatic N) is 2. The zero-order valence-electron chi connectivity index (χ0n) is 20.5. The molecule has 16 nitrogen and oxygen atoms in total. The van der Waals surface area contributed by atoms with E-state index in [1.807, 2.05) is 0 Å². The van der Waals surface area contributed by atoms with Crippen molar-refractivity contribution in [3.05, 3.63) is 65.2 Å². The summed E-state index contributed by atoms with van der Waals surface area (Å²) in [5.41, 5.74) is -1.98. The lowest BCUT2D eigenvalue weighted by molar-refractivity contribution is -0.0491. The number of hydrogen-bond donors (Lipinski definition) is 5. The lowest BCUT2D eigenvalue weighted by atomic mass is 10.0. The number of aryl methyl sites for hydroxylation is 2. The number of aromatic nitrogens is 4. The third-order valence-corrected chi connectivity index (χ3v) is 7.46. The van der Waals surface area contributed by atoms with Crippen LogP contribution in [-0.4, -0.2) is 72.3 Å². The van der Waals surface area contributed by atoms with Crippen LogP contribution in [-0.2, 0) is 23.1 Å². The van der Waals surface area contributed by atoms with Crippen molar-refractivity contribution in [2.24, 2.45) is 5.92 Å². The highest BCUT2D eigenvalue weighted by Crippen LogP contribution is 2.46. The molecule has 2 aliphatic rings. The molecule has 2 saturated heterocycles. The standard InChI is InChI=1S/C21H29N4O12P/c1-10-5-24(20(30)22-18(10)28)16-3-12(14(7-26)36-16)8-34-38(32,33)35-9-15-13(27)4-17(37-15)25-6-11(2)19(29)23-21(25)31/h5-6,12-17,26-27H,3-4,7-9H2,1-2H3,(H,32,33)(H,22,28,30)(H,23,29,31)/t12-,13+,14-,15-,16-,17-/m1/s1. The van der Waals surface area contributed by atoms with Crippen molar-refractivity contribution in [2.75, 3.05) is 19.8 Å². The maximum absolute atomic E-state index is 12.5. The molecule has 4 rings (SSSR count). The van der Waals surface area contributed by atoms with Gasteiger partial charge in [-0.25, -0.2) is 14.2 Å². The van der Waals surface area contributed by atoms with Crippen molar-refractivity contribution >= 4 is 7.82 Å². The zero-order valence-corrected chi connectivity index (χ0v) is 21.4. The molecule has 0 bridgehead atoms. The van der Waals surface area contributed by atoms with Crippen LogP contribution in [0.25, 0.3) is 0 Å². The Hall–Kier alpha value is -2.69. The van der Waals surface area contributed by atoms with Gasteiger partial charge in [-0.1, -0.05) is 0 Å². The molecule has 38 heavy (non-hydrogen) atoms. The van der Waals surface area contributed by atoms with Gasteiger partial charge in [0.25, 0.3) is 11.1 Å². The van der Waals surface area contributed by atoms with Gasteiger partial charge >= 0.3 is 19.2 Å². The van der Waals surface area contributed by atoms with E-state index in [1.54, 1.807) is 0 Å². The van der Waals surface area contributed by atoms with Crippen LogP contribution >= 0.6 is 7.82 Å². The van der Waals surface area contributed by atoms with Crippen LogP contribution in [0.3, 0.4) is 0 Å². The van der Waals surface area contributed by atoms with Crippen LogP contribution in [0, 0.1) is 19.8 Å². The van der Waals surface area contributed by atoms with Crippen molar-refractivity contribution in [3.8, 4) is 0 Å². The fourth-order valence-corrected chi connectivity index (χ4v) is 5.15. The average Bonchev–Trinajstić information content (AvgIpc) is 3.44. The van der Waals surface area contributed by atoms with E-state index in [9.17, 15) is 38.8 Å². The van der Waals surface area contributed by atoms with Gasteiger partial charge in [0.15, 0.2) is 0 Å². The van der Waals surface area contributed by atoms with E-state index in [1.165, 1.54) is 30.8 Å². The minimum absolute atomic E-state index is 0.0292. The average molecular weight is 560 g/mol. The SMILES string of the molecule is Cc1cn([C@H]2C[C@H](COP(=O)(O)OC[C@H]3O[C@@H](n4cc(C)c(=O)[nH]c4=O)C[C@@H]3O)[C@@H](CO)O2)c(=O)[nH]c1=O. The van der Waals surface area contributed by atoms with E-state index in [-0.39, 0.29) is 30.6 Å². The second kappa shape index (κ2) is 11.2. The van der Waals surface area contributed by atoms with Crippen molar-refractivity contribution in [3.63, 3.8) is 0 Å². The number of rotatable bonds is 9. The topological polar surface area (TPSA) is 224 Å². The fraction of sp³-hybridized carbons (Fsp3) is 0.619. The second-order valence-corrected chi connectivity index (χ2v) is 10.7. The summed E-state index contributed by atoms with van der Waals surface area (Å²) in [5.74, 6) is -0.596. The molecule has 0 radical (unpaired) electrons. The van der Waals surface area contributed by atoms with Gasteiger partial charge in [-0.3, -0.25) is 37.7 Å². The molecule has 1 unspecified atom stereocenters. The maximum atomic E-state index is 12.5. The molecule has 7 atom stereocenters. The third-order valence-electron chi connectivity index (χ3n) is 6.51. The first-order valence-electron chi connectivity index (χ1n) is 11.7. The summed E-state index contributed by atoms with van der Waals surface area (Å²) in [7, 11) is -4.65. The van der Waals surface area contributed by atoms with Gasteiger partial charge in [0, 0.05) is 42.3 Å². The molecule has 2 aromatic heterocycles. The molecule has 0 aliphatic carbocycles. The Morgan fingerprint density at radius 2 is 1.42 bits per heavy atom. The smallest absolute Gasteiger partial charge is 0.394 e. The minimum atomic E-state index is -4.65. The van der Waals surface area contributed by atoms with Crippen LogP contribution in [0.4, 0.5) is 0 Å². The number of aliphatic hydroxyl groups excluding tert-OH is 2. The van der Waals surface area contributed by atoms with Crippen molar-refractivity contribution in [2.45, 2.75) is 57.5 Å². The van der Waals surface area contributed by atoms with Crippen LogP contribution in [0.2, 0.25) is 0 Å². The summed E-state index contributed by atoms with van der Waals surface area (Å²) in [6, 6.07) is 0. The normalized spacial score (nSPS) is 29.0. The molecule has 5 N–H and O–H groups in total. The first-order valence-corrected chi connectivity index (χ1v) is 13.2. The predicted octanol–water partition coefficient (Wildman–Crippen LogP) is -1.62. The maximum Gasteiger partial charge on any atom is 0.472 e. The Balaban J connectivity index is 1.33. The summed E-state index contributed by atoms with van der Waals surface area (Å²) < 4.78 is 36.1. The van der Waals surface area contributed by atoms with Crippen molar-refractivity contribution < 1.29 is 38.2 Å². The number of phosphoric acid groups is 1. The molecule has 0 aromatic carbocycles. The molecular weight excluding hydrogens is 531 g/mol. The van der Waals surface area contributed by atoms with Crippen LogP contribution in [0.5, 0.6) is 0 Å². The first-order chi connectivity index (χ1) is 17.9. The lowest BCUT2D eigenvalue weighted by Gasteiger charge is -2.20. The number of aliphatic hydroxyl groups is 2. The van der Waals surface area contributed by atoms with Gasteiger partial charge in [0.2, 0.25) is 0 Å². The monoisotopic (exact) mass is 560 g/mol. The van der Waals surface area contributed by atoms with Crippen LogP contribution in [0.15, 0.2) is 31.6 Å². The lowest BCUT2D eigenvalue weighted by Crippen LogP contribution is -2.33. The summed E-state index contributed by atoms with van der Waals surface area (Å²) >= 11 is 0. The second-order valence-electron chi connectivity index (χ2n) is 9.26. The molecule has 210 valence electrons. The van der Waals surface area contributed by atoms with Gasteiger partial charge in [-0.2, -0.15) is 0 Å². The quantitative estimate of drug-likeness (QED) is 0.218. The van der Waals surface area contributed by atoms with Crippen LogP contribution in [0.1, 0.15) is 36.4 Å². The van der Waals surface area contributed by atoms with Gasteiger partial charge in [-0.05, 0) is 13.8 Å². The van der Waals surface area contributed by atoms with E-state index in [2.05, 4.69) is 9.97 Å². The van der Waals surface area contributed by atoms with Crippen molar-refractivity contribution in [1.29, 1.82) is 0 Å². The molecular formula is C21H29N4O12P. The van der Waals surface area contributed by atoms with E-state index in [0.29, 0.717) is 0 Å². The molecule has 0 saturated carbocycles. The van der Waals surface area contributed by atoms with E-state index < -0.39 is 80.2 Å². The van der Waals surface area contributed by atoms with Crippen LogP contribution < -0.4 is 22.5 Å². The van der Waals surface area contributed by atoms with E-state index in [0.717, 1.165) is 4.57 Å². The molecule has 17 heteroatoms. The molecule has 2 fully saturated rings. The molecule has 2 aromatic rings. The highest BCUT2D eigenvalue weighted by molar-refractivity contribution is 7.47. The van der Waals surface area contributed by atoms with E-state index in [4.69, 9.17) is 18.5 Å². The predicted molar refractivity (Wildman–Crippen MR) is 127 cm³/mol. The van der Waals surface area contributed by atoms with E-state index >= 15 is 0 Å². The highest BCUT2D eigenvalue weighted by Gasteiger charge is 2.40. The Labute approximate surface area is 214 Å². The third kappa shape index (κ3) is 6.13. The number of H-pyrrole nitrogens is 2. The Bertz CT molecular complexity index is 1450. The zero-order chi connectivity index (χ0) is 27.8. The summed E-state index contributed by atoms with van der Waals surface area (Å²) in [5, 5.41) is 20.0. The van der Waals surface area contributed by atoms with Gasteiger partial charge in [0.05, 0.1) is 32.0 Å². The highest BCUT2D eigenvalue weighted by atomic mass is 31.2. The Morgan fingerprint density at radius 1 is 0.921 bits per heavy atom. The molecule has 2 aliphatic heterocycles. The molecule has 0 amide bonds. The van der Waals surface area contributed by atoms with Gasteiger partial charge in [0.1, 0.15) is 18.6 Å². The minimum Gasteiger partial charge on any atom is -0.394 e. The summed E-state index contributed by atoms with van der Waals surface area (Å²) in [6.07, 6.45) is -2.08. The number of ether oxygens (including phenoxy) is 2. The molecule has 0 spiro atoms. The number of phosphoric ester groups is 1. The summed E-state index contributed by atoms with van der Waals surface area (Å²) in [6.45, 7) is 1.65. The number of nitrogens with one attached hydrogen (secondary N) is 2. The van der Waals surface area contributed by atoms with Crippen molar-refractivity contribution in [1.82, 2.24) is 19.1 Å². The number of aromatic amines is 2. The van der Waals surface area contributed by atoms with Gasteiger partial charge < -0.3 is 24.6 Å². The fourth-order valence-electron chi connectivity index (χ4n) is 4.36. The first kappa shape index (κ1) is 28.3. The Morgan fingerprint density at radius 3 is 1.97 bits per heavy atom.